The number of hydrogen-bond donors (Lipinski definition) is 10. The highest BCUT2D eigenvalue weighted by molar-refractivity contribution is 7.92. The lowest BCUT2D eigenvalue weighted by Crippen LogP contribution is -2.33. The number of sulfonamides is 2. The molecule has 16 heteroatoms. The first-order valence-corrected chi connectivity index (χ1v) is 13.2. The summed E-state index contributed by atoms with van der Waals surface area (Å²) in [7, 11) is -8.78. The van der Waals surface area contributed by atoms with Gasteiger partial charge in [0.15, 0.2) is 0 Å². The van der Waals surface area contributed by atoms with Crippen LogP contribution in [0.2, 0.25) is 0 Å². The van der Waals surface area contributed by atoms with E-state index >= 15 is 0 Å². The van der Waals surface area contributed by atoms with Gasteiger partial charge in [0.2, 0.25) is 20.0 Å². The zero-order valence-electron chi connectivity index (χ0n) is 18.1. The van der Waals surface area contributed by atoms with Crippen molar-refractivity contribution in [3.05, 3.63) is 42.0 Å². The molecule has 1 fully saturated rings. The van der Waals surface area contributed by atoms with Gasteiger partial charge in [0.1, 0.15) is 16.0 Å². The number of nitrogens with one attached hydrogen (secondary N) is 6. The van der Waals surface area contributed by atoms with Crippen molar-refractivity contribution in [3.63, 3.8) is 0 Å². The Labute approximate surface area is 197 Å². The Balaban J connectivity index is 2.21. The zero-order valence-corrected chi connectivity index (χ0v) is 19.7. The first-order valence-electron chi connectivity index (χ1n) is 10.2. The van der Waals surface area contributed by atoms with Gasteiger partial charge in [0.05, 0.1) is 6.10 Å². The van der Waals surface area contributed by atoms with E-state index in [1.807, 2.05) is 0 Å². The van der Waals surface area contributed by atoms with E-state index in [4.69, 9.17) is 16.6 Å². The molecule has 0 aromatic heterocycles. The fourth-order valence-electron chi connectivity index (χ4n) is 3.41. The lowest BCUT2D eigenvalue weighted by atomic mass is 9.97. The number of rotatable bonds is 11. The van der Waals surface area contributed by atoms with Crippen LogP contribution in [0.15, 0.2) is 46.2 Å². The largest absolute Gasteiger partial charge is 0.390 e. The number of hydrazine groups is 3. The number of aliphatic hydroxyl groups excluding tert-OH is 1. The fraction of sp³-hybridized carbons (Fsp3) is 0.333. The molecule has 3 rings (SSSR count). The molecule has 2 aromatic rings. The van der Waals surface area contributed by atoms with Crippen LogP contribution in [0.1, 0.15) is 11.7 Å². The van der Waals surface area contributed by atoms with Gasteiger partial charge in [0.25, 0.3) is 0 Å². The molecule has 13 N–H and O–H groups in total. The van der Waals surface area contributed by atoms with Gasteiger partial charge >= 0.3 is 0 Å². The normalized spacial score (nSPS) is 16.0. The van der Waals surface area contributed by atoms with Crippen LogP contribution in [-0.4, -0.2) is 54.2 Å². The van der Waals surface area contributed by atoms with E-state index in [2.05, 4.69) is 32.0 Å². The summed E-state index contributed by atoms with van der Waals surface area (Å²) in [5.74, 6) is 0. The van der Waals surface area contributed by atoms with Gasteiger partial charge in [-0.2, -0.15) is 11.1 Å². The predicted molar refractivity (Wildman–Crippen MR) is 126 cm³/mol. The number of anilines is 1. The van der Waals surface area contributed by atoms with Gasteiger partial charge in [-0.1, -0.05) is 18.2 Å². The molecule has 0 saturated carbocycles. The lowest BCUT2D eigenvalue weighted by molar-refractivity contribution is 0.196. The van der Waals surface area contributed by atoms with Crippen LogP contribution in [0, 0.1) is 0 Å². The lowest BCUT2D eigenvalue weighted by Gasteiger charge is -2.22. The summed E-state index contributed by atoms with van der Waals surface area (Å²) < 4.78 is 53.5. The molecule has 0 unspecified atom stereocenters. The minimum absolute atomic E-state index is 0.0209. The van der Waals surface area contributed by atoms with Gasteiger partial charge in [-0.15, -0.1) is 0 Å². The molecule has 1 atom stereocenters. The molecule has 0 radical (unpaired) electrons. The number of hydrogen-bond acceptors (Lipinski definition) is 12. The van der Waals surface area contributed by atoms with E-state index in [0.29, 0.717) is 16.8 Å². The number of primary sulfonamides is 1. The predicted octanol–water partition coefficient (Wildman–Crippen LogP) is -2.91. The van der Waals surface area contributed by atoms with E-state index in [9.17, 15) is 21.9 Å². The summed E-state index contributed by atoms with van der Waals surface area (Å²) in [6.45, 7) is 0.225. The number of nitrogens with two attached hydrogens (primary N) is 3. The maximum Gasteiger partial charge on any atom is 0.241 e. The van der Waals surface area contributed by atoms with Crippen molar-refractivity contribution in [2.45, 2.75) is 22.1 Å². The maximum absolute atomic E-state index is 12.9. The van der Waals surface area contributed by atoms with E-state index in [1.54, 1.807) is 24.3 Å². The van der Waals surface area contributed by atoms with Crippen molar-refractivity contribution >= 4 is 25.7 Å². The third-order valence-electron chi connectivity index (χ3n) is 4.94. The minimum atomic E-state index is -4.52. The van der Waals surface area contributed by atoms with Crippen molar-refractivity contribution in [2.75, 3.05) is 31.5 Å². The summed E-state index contributed by atoms with van der Waals surface area (Å²) in [5.41, 5.74) is 23.3. The van der Waals surface area contributed by atoms with Crippen LogP contribution in [0.5, 0.6) is 0 Å². The van der Waals surface area contributed by atoms with Gasteiger partial charge < -0.3 is 21.9 Å². The van der Waals surface area contributed by atoms with Crippen molar-refractivity contribution in [1.82, 2.24) is 26.6 Å². The molecule has 0 aliphatic carbocycles. The Bertz CT molecular complexity index is 1220. The van der Waals surface area contributed by atoms with Crippen LogP contribution in [0.4, 0.5) is 5.69 Å². The first-order chi connectivity index (χ1) is 16.1. The molecule has 2 aromatic carbocycles. The maximum atomic E-state index is 12.9. The fourth-order valence-corrected chi connectivity index (χ4v) is 6.11. The average molecular weight is 516 g/mol. The minimum Gasteiger partial charge on any atom is -0.390 e. The monoisotopic (exact) mass is 515 g/mol. The SMILES string of the molecule is NCCNS(=O)(=O)c1ccc(-c2cccc(NC[C@H](O)CN)c2)c(C2NNNN2)c1S(N)(=O)=O. The molecule has 1 aliphatic heterocycles. The topological polar surface area (TPSA) is 239 Å². The van der Waals surface area contributed by atoms with E-state index in [1.165, 1.54) is 12.1 Å². The van der Waals surface area contributed by atoms with E-state index in [0.717, 1.165) is 0 Å². The highest BCUT2D eigenvalue weighted by Gasteiger charge is 2.34. The van der Waals surface area contributed by atoms with Gasteiger partial charge in [-0.05, 0) is 29.3 Å². The van der Waals surface area contributed by atoms with Crippen molar-refractivity contribution < 1.29 is 21.9 Å². The van der Waals surface area contributed by atoms with Crippen molar-refractivity contribution in [2.24, 2.45) is 16.6 Å². The molecule has 14 nitrogen and oxygen atoms in total. The summed E-state index contributed by atoms with van der Waals surface area (Å²) in [6, 6.07) is 9.63. The van der Waals surface area contributed by atoms with E-state index in [-0.39, 0.29) is 31.7 Å². The standard InChI is InChI=1S/C18H29N9O5S2/c19-6-7-23-34(31,32)15-5-4-14(11-2-1-3-12(8-11)22-10-13(28)9-20)16(17(15)33(21,29)30)18-24-26-27-25-18/h1-5,8,13,18,22-28H,6-7,9-10,19-20H2,(H2,21,29,30)/t13-/m1/s1. The quantitative estimate of drug-likeness (QED) is 0.145. The average Bonchev–Trinajstić information content (AvgIpc) is 3.34. The third-order valence-corrected chi connectivity index (χ3v) is 7.58. The number of benzene rings is 2. The van der Waals surface area contributed by atoms with Crippen molar-refractivity contribution in [3.8, 4) is 11.1 Å². The first kappa shape index (κ1) is 26.4. The summed E-state index contributed by atoms with van der Waals surface area (Å²) in [4.78, 5) is -1.07. The van der Waals surface area contributed by atoms with Gasteiger partial charge in [-0.3, -0.25) is 0 Å². The van der Waals surface area contributed by atoms with Crippen LogP contribution >= 0.6 is 0 Å². The smallest absolute Gasteiger partial charge is 0.241 e. The molecular formula is C18H29N9O5S2. The highest BCUT2D eigenvalue weighted by atomic mass is 32.2. The molecule has 1 aliphatic rings. The summed E-state index contributed by atoms with van der Waals surface area (Å²) >= 11 is 0. The molecule has 0 bridgehead atoms. The molecule has 1 saturated heterocycles. The Morgan fingerprint density at radius 1 is 1.06 bits per heavy atom. The molecule has 0 spiro atoms. The van der Waals surface area contributed by atoms with Crippen LogP contribution < -0.4 is 48.6 Å². The van der Waals surface area contributed by atoms with Crippen molar-refractivity contribution in [1.29, 1.82) is 0 Å². The highest BCUT2D eigenvalue weighted by Crippen LogP contribution is 2.37. The van der Waals surface area contributed by atoms with Gasteiger partial charge in [0, 0.05) is 37.4 Å². The van der Waals surface area contributed by atoms with Gasteiger partial charge in [-0.25, -0.2) is 37.5 Å². The Kier molecular flexibility index (Phi) is 8.55. The Hall–Kier alpha value is -2.22. The molecule has 34 heavy (non-hydrogen) atoms. The van der Waals surface area contributed by atoms with Crippen LogP contribution in [-0.2, 0) is 20.0 Å². The molecule has 1 heterocycles. The second-order valence-corrected chi connectivity index (χ2v) is 10.6. The van der Waals surface area contributed by atoms with Crippen LogP contribution in [0.3, 0.4) is 0 Å². The molecule has 0 amide bonds. The molecular weight excluding hydrogens is 486 g/mol. The van der Waals surface area contributed by atoms with Crippen LogP contribution in [0.25, 0.3) is 11.1 Å². The third kappa shape index (κ3) is 6.06. The zero-order chi connectivity index (χ0) is 24.9. The second kappa shape index (κ2) is 11.0. The molecule has 188 valence electrons. The van der Waals surface area contributed by atoms with E-state index < -0.39 is 42.1 Å². The Morgan fingerprint density at radius 2 is 1.76 bits per heavy atom. The number of aliphatic hydroxyl groups is 1. The summed E-state index contributed by atoms with van der Waals surface area (Å²) in [5, 5.41) is 18.3. The Morgan fingerprint density at radius 3 is 2.38 bits per heavy atom. The second-order valence-electron chi connectivity index (χ2n) is 7.41. The summed E-state index contributed by atoms with van der Waals surface area (Å²) in [6.07, 6.45) is -1.62.